The van der Waals surface area contributed by atoms with E-state index in [-0.39, 0.29) is 17.8 Å². The zero-order chi connectivity index (χ0) is 22.0. The molecule has 0 spiro atoms. The number of rotatable bonds is 4. The molecule has 1 fully saturated rings. The summed E-state index contributed by atoms with van der Waals surface area (Å²) in [6.45, 7) is 2.58. The first-order valence-corrected chi connectivity index (χ1v) is 10.6. The van der Waals surface area contributed by atoms with Gasteiger partial charge in [-0.1, -0.05) is 12.5 Å². The van der Waals surface area contributed by atoms with Gasteiger partial charge in [-0.3, -0.25) is 4.79 Å². The number of alkyl halides is 3. The molecule has 1 atom stereocenters. The van der Waals surface area contributed by atoms with Gasteiger partial charge in [-0.15, -0.1) is 11.3 Å². The summed E-state index contributed by atoms with van der Waals surface area (Å²) in [6.07, 6.45) is 0.963. The summed E-state index contributed by atoms with van der Waals surface area (Å²) in [5, 5.41) is 6.55. The van der Waals surface area contributed by atoms with Crippen LogP contribution >= 0.6 is 11.3 Å². The van der Waals surface area contributed by atoms with Gasteiger partial charge in [0, 0.05) is 24.6 Å². The van der Waals surface area contributed by atoms with E-state index < -0.39 is 11.9 Å². The molecule has 0 saturated carbocycles. The van der Waals surface area contributed by atoms with Gasteiger partial charge < -0.3 is 10.6 Å². The maximum atomic E-state index is 12.9. The average Bonchev–Trinajstić information content (AvgIpc) is 3.10. The summed E-state index contributed by atoms with van der Waals surface area (Å²) in [4.78, 5) is 25.1. The zero-order valence-electron chi connectivity index (χ0n) is 16.7. The Morgan fingerprint density at radius 1 is 1.19 bits per heavy atom. The lowest BCUT2D eigenvalue weighted by Crippen LogP contribution is -2.27. The second-order valence-electron chi connectivity index (χ2n) is 7.38. The summed E-state index contributed by atoms with van der Waals surface area (Å²) in [5.74, 6) is -0.375. The first-order valence-electron chi connectivity index (χ1n) is 9.82. The molecule has 4 rings (SSSR count). The molecule has 1 saturated heterocycles. The van der Waals surface area contributed by atoms with Crippen molar-refractivity contribution in [2.24, 2.45) is 0 Å². The Kier molecular flexibility index (Phi) is 5.90. The molecule has 0 aliphatic carbocycles. The highest BCUT2D eigenvalue weighted by molar-refractivity contribution is 7.15. The Hall–Kier alpha value is -3.01. The molecular formula is C21H20F3N5OS. The smallest absolute Gasteiger partial charge is 0.355 e. The summed E-state index contributed by atoms with van der Waals surface area (Å²) in [7, 11) is 0. The van der Waals surface area contributed by atoms with Crippen LogP contribution in [0.25, 0.3) is 10.4 Å². The van der Waals surface area contributed by atoms with E-state index in [1.54, 1.807) is 18.3 Å². The van der Waals surface area contributed by atoms with Crippen molar-refractivity contribution in [3.63, 3.8) is 0 Å². The van der Waals surface area contributed by atoms with Crippen molar-refractivity contribution in [1.29, 1.82) is 0 Å². The summed E-state index contributed by atoms with van der Waals surface area (Å²) in [5.41, 5.74) is 1.32. The van der Waals surface area contributed by atoms with E-state index in [9.17, 15) is 18.0 Å². The highest BCUT2D eigenvalue weighted by Gasteiger charge is 2.32. The van der Waals surface area contributed by atoms with Gasteiger partial charge in [-0.2, -0.15) is 13.2 Å². The predicted octanol–water partition coefficient (Wildman–Crippen LogP) is 5.05. The molecule has 3 heterocycles. The molecule has 1 aromatic carbocycles. The topological polar surface area (TPSA) is 79.8 Å². The molecular weight excluding hydrogens is 427 g/mol. The van der Waals surface area contributed by atoms with Gasteiger partial charge in [-0.25, -0.2) is 15.0 Å². The van der Waals surface area contributed by atoms with Gasteiger partial charge in [0.05, 0.1) is 10.8 Å². The number of nitrogens with one attached hydrogen (secondary N) is 2. The van der Waals surface area contributed by atoms with Gasteiger partial charge in [0.1, 0.15) is 10.7 Å². The van der Waals surface area contributed by atoms with E-state index in [1.165, 1.54) is 11.3 Å². The van der Waals surface area contributed by atoms with Crippen LogP contribution in [-0.2, 0) is 11.0 Å². The number of amides is 1. The second kappa shape index (κ2) is 8.62. The zero-order valence-corrected chi connectivity index (χ0v) is 17.5. The van der Waals surface area contributed by atoms with E-state index in [4.69, 9.17) is 0 Å². The number of hydrogen-bond acceptors (Lipinski definition) is 6. The van der Waals surface area contributed by atoms with Crippen molar-refractivity contribution >= 4 is 28.9 Å². The molecule has 1 aliphatic rings. The molecule has 0 bridgehead atoms. The van der Waals surface area contributed by atoms with E-state index in [0.29, 0.717) is 12.2 Å². The van der Waals surface area contributed by atoms with E-state index in [0.717, 1.165) is 52.5 Å². The molecule has 1 aliphatic heterocycles. The van der Waals surface area contributed by atoms with Crippen molar-refractivity contribution in [2.45, 2.75) is 38.3 Å². The number of halogens is 3. The van der Waals surface area contributed by atoms with Gasteiger partial charge in [0.15, 0.2) is 0 Å². The molecule has 2 N–H and O–H groups in total. The number of hydrogen-bond donors (Lipinski definition) is 2. The molecule has 31 heavy (non-hydrogen) atoms. The molecule has 6 nitrogen and oxygen atoms in total. The lowest BCUT2D eigenvalue weighted by molar-refractivity contribution is -0.141. The normalized spacial score (nSPS) is 17.2. The number of aromatic nitrogens is 3. The first-order chi connectivity index (χ1) is 14.8. The van der Waals surface area contributed by atoms with Gasteiger partial charge in [0.25, 0.3) is 0 Å². The van der Waals surface area contributed by atoms with Gasteiger partial charge in [-0.05, 0) is 49.1 Å². The number of thiazole rings is 1. The van der Waals surface area contributed by atoms with Crippen LogP contribution in [0.1, 0.15) is 41.4 Å². The Morgan fingerprint density at radius 2 is 2.03 bits per heavy atom. The quantitative estimate of drug-likeness (QED) is 0.585. The maximum Gasteiger partial charge on any atom is 0.433 e. The number of anilines is 2. The van der Waals surface area contributed by atoms with Crippen molar-refractivity contribution in [3.05, 3.63) is 52.9 Å². The van der Waals surface area contributed by atoms with Crippen LogP contribution in [0, 0.1) is 6.92 Å². The van der Waals surface area contributed by atoms with Crippen LogP contribution in [0.15, 0.2) is 36.7 Å². The Balaban J connectivity index is 1.59. The fourth-order valence-electron chi connectivity index (χ4n) is 3.46. The number of nitrogens with zero attached hydrogens (tertiary/aromatic N) is 3. The van der Waals surface area contributed by atoms with Crippen LogP contribution in [0.2, 0.25) is 0 Å². The highest BCUT2D eigenvalue weighted by atomic mass is 32.1. The molecule has 2 aromatic heterocycles. The minimum atomic E-state index is -4.54. The summed E-state index contributed by atoms with van der Waals surface area (Å²) >= 11 is 1.46. The Labute approximate surface area is 181 Å². The fraction of sp³-hybridized carbons (Fsp3) is 0.333. The third-order valence-corrected chi connectivity index (χ3v) is 6.08. The van der Waals surface area contributed by atoms with Gasteiger partial charge >= 0.3 is 6.18 Å². The molecule has 1 amide bonds. The minimum absolute atomic E-state index is 0.00620. The van der Waals surface area contributed by atoms with Gasteiger partial charge in [0.2, 0.25) is 11.9 Å². The lowest BCUT2D eigenvalue weighted by atomic mass is 10.0. The van der Waals surface area contributed by atoms with Crippen LogP contribution in [-0.4, -0.2) is 27.4 Å². The third-order valence-electron chi connectivity index (χ3n) is 4.92. The lowest BCUT2D eigenvalue weighted by Gasteiger charge is -2.11. The fourth-order valence-corrected chi connectivity index (χ4v) is 4.50. The molecule has 1 unspecified atom stereocenters. The van der Waals surface area contributed by atoms with Crippen molar-refractivity contribution in [2.75, 3.05) is 11.9 Å². The second-order valence-corrected chi connectivity index (χ2v) is 8.44. The first kappa shape index (κ1) is 21.2. The Bertz CT molecular complexity index is 1100. The van der Waals surface area contributed by atoms with E-state index in [2.05, 4.69) is 25.6 Å². The highest BCUT2D eigenvalue weighted by Crippen LogP contribution is 2.35. The molecule has 0 radical (unpaired) electrons. The van der Waals surface area contributed by atoms with Crippen LogP contribution < -0.4 is 10.6 Å². The summed E-state index contributed by atoms with van der Waals surface area (Å²) in [6, 6.07) is 6.40. The number of carbonyl (C=O) groups excluding carboxylic acids is 1. The number of carbonyl (C=O) groups is 1. The molecule has 162 valence electrons. The minimum Gasteiger partial charge on any atom is -0.355 e. The van der Waals surface area contributed by atoms with Crippen LogP contribution in [0.3, 0.4) is 0 Å². The number of benzene rings is 1. The SMILES string of the molecule is Cc1cc(Nc2nccc(C(F)(F)F)n2)cc(-c2cnc(C3CCCCNC3=O)s2)c1. The largest absolute Gasteiger partial charge is 0.433 e. The standard InChI is InChI=1S/C21H20F3N5OS/c1-12-8-13(16-11-27-19(31-16)15-4-2-3-6-25-18(15)30)10-14(9-12)28-20-26-7-5-17(29-20)21(22,23)24/h5,7-11,15H,2-4,6H2,1H3,(H,25,30)(H,26,28,29). The molecule has 10 heteroatoms. The monoisotopic (exact) mass is 447 g/mol. The van der Waals surface area contributed by atoms with Crippen molar-refractivity contribution < 1.29 is 18.0 Å². The van der Waals surface area contributed by atoms with Crippen molar-refractivity contribution in [3.8, 4) is 10.4 Å². The predicted molar refractivity (Wildman–Crippen MR) is 112 cm³/mol. The van der Waals surface area contributed by atoms with E-state index in [1.807, 2.05) is 13.0 Å². The third kappa shape index (κ3) is 5.01. The van der Waals surface area contributed by atoms with E-state index >= 15 is 0 Å². The molecule has 3 aromatic rings. The average molecular weight is 447 g/mol. The van der Waals surface area contributed by atoms with Crippen LogP contribution in [0.5, 0.6) is 0 Å². The maximum absolute atomic E-state index is 12.9. The van der Waals surface area contributed by atoms with Crippen molar-refractivity contribution in [1.82, 2.24) is 20.3 Å². The number of aryl methyl sites for hydroxylation is 1. The Morgan fingerprint density at radius 3 is 2.84 bits per heavy atom. The van der Waals surface area contributed by atoms with Crippen LogP contribution in [0.4, 0.5) is 24.8 Å². The summed E-state index contributed by atoms with van der Waals surface area (Å²) < 4.78 is 38.7.